The summed E-state index contributed by atoms with van der Waals surface area (Å²) in [5.41, 5.74) is 0. The molecule has 0 saturated carbocycles. The van der Waals surface area contributed by atoms with Crippen LogP contribution >= 0.6 is 0 Å². The summed E-state index contributed by atoms with van der Waals surface area (Å²) in [5.74, 6) is -0.939. The molecule has 0 aliphatic heterocycles. The maximum absolute atomic E-state index is 12.9. The second-order valence-electron chi connectivity index (χ2n) is 20.2. The van der Waals surface area contributed by atoms with Gasteiger partial charge in [0.2, 0.25) is 0 Å². The van der Waals surface area contributed by atoms with Crippen LogP contribution < -0.4 is 0 Å². The molecule has 426 valence electrons. The molecule has 0 spiro atoms. The average Bonchev–Trinajstić information content (AvgIpc) is 3.41. The molecule has 0 radical (unpaired) electrons. The fraction of sp³-hybridized carbons (Fsp3) is 0.667. The van der Waals surface area contributed by atoms with Gasteiger partial charge in [0, 0.05) is 19.3 Å². The molecular formula is C69H114O6. The van der Waals surface area contributed by atoms with Gasteiger partial charge in [0.25, 0.3) is 0 Å². The van der Waals surface area contributed by atoms with E-state index in [1.54, 1.807) is 0 Å². The van der Waals surface area contributed by atoms with Crippen molar-refractivity contribution in [1.29, 1.82) is 0 Å². The van der Waals surface area contributed by atoms with Gasteiger partial charge in [-0.2, -0.15) is 0 Å². The Morgan fingerprint density at radius 3 is 0.827 bits per heavy atom. The van der Waals surface area contributed by atoms with Crippen LogP contribution in [0.3, 0.4) is 0 Å². The quantitative estimate of drug-likeness (QED) is 0.0261. The highest BCUT2D eigenvalue weighted by molar-refractivity contribution is 5.71. The molecule has 0 saturated heterocycles. The van der Waals surface area contributed by atoms with Crippen molar-refractivity contribution >= 4 is 17.9 Å². The Labute approximate surface area is 462 Å². The normalized spacial score (nSPS) is 12.9. The monoisotopic (exact) mass is 1040 g/mol. The van der Waals surface area contributed by atoms with Crippen molar-refractivity contribution in [3.05, 3.63) is 122 Å². The second-order valence-corrected chi connectivity index (χ2v) is 20.2. The lowest BCUT2D eigenvalue weighted by Crippen LogP contribution is -2.30. The van der Waals surface area contributed by atoms with Crippen molar-refractivity contribution in [2.24, 2.45) is 0 Å². The van der Waals surface area contributed by atoms with E-state index in [1.165, 1.54) is 89.9 Å². The van der Waals surface area contributed by atoms with Crippen LogP contribution in [0.25, 0.3) is 0 Å². The van der Waals surface area contributed by atoms with Gasteiger partial charge in [0.1, 0.15) is 13.2 Å². The number of unbranched alkanes of at least 4 members (excludes halogenated alkanes) is 24. The molecule has 6 nitrogen and oxygen atoms in total. The highest BCUT2D eigenvalue weighted by Gasteiger charge is 2.19. The molecule has 0 bridgehead atoms. The molecule has 0 aromatic heterocycles. The average molecular weight is 1040 g/mol. The van der Waals surface area contributed by atoms with Crippen molar-refractivity contribution in [2.75, 3.05) is 13.2 Å². The van der Waals surface area contributed by atoms with Crippen molar-refractivity contribution in [1.82, 2.24) is 0 Å². The van der Waals surface area contributed by atoms with Crippen LogP contribution in [0.1, 0.15) is 278 Å². The first kappa shape index (κ1) is 70.8. The lowest BCUT2D eigenvalue weighted by Gasteiger charge is -2.18. The van der Waals surface area contributed by atoms with Crippen LogP contribution in [0.4, 0.5) is 0 Å². The minimum atomic E-state index is -0.803. The van der Waals surface area contributed by atoms with Gasteiger partial charge < -0.3 is 14.2 Å². The van der Waals surface area contributed by atoms with Gasteiger partial charge in [0.15, 0.2) is 6.10 Å². The zero-order valence-corrected chi connectivity index (χ0v) is 48.8. The largest absolute Gasteiger partial charge is 0.462 e. The number of allylic oxidation sites excluding steroid dienone is 20. The van der Waals surface area contributed by atoms with Gasteiger partial charge in [-0.1, -0.05) is 251 Å². The molecule has 6 heteroatoms. The standard InChI is InChI=1S/C69H114O6/c1-4-7-10-13-16-19-22-25-28-31-33-34-36-38-41-44-47-50-53-56-59-62-68(71)74-65-66(64-73-67(70)61-58-55-52-49-46-43-40-37-30-27-24-21-18-15-12-9-6-3)75-69(72)63-60-57-54-51-48-45-42-39-35-32-29-26-23-20-17-14-11-8-5-2/h7,9-10,12,16,18-19,21,25-30,33-34,38,40-41,43,66H,4-6,8,11,13-15,17,20,22-24,31-32,35-37,39,42,44-65H2,1-3H3/b10-7-,12-9-,19-16-,21-18-,28-25-,29-26-,30-27-,34-33-,41-38-,43-40-. The summed E-state index contributed by atoms with van der Waals surface area (Å²) in [6.07, 6.45) is 86.2. The topological polar surface area (TPSA) is 78.9 Å². The first-order valence-electron chi connectivity index (χ1n) is 31.0. The van der Waals surface area contributed by atoms with E-state index in [2.05, 4.69) is 142 Å². The molecule has 0 aliphatic rings. The number of hydrogen-bond acceptors (Lipinski definition) is 6. The number of carbonyl (C=O) groups excluding carboxylic acids is 3. The highest BCUT2D eigenvalue weighted by atomic mass is 16.6. The van der Waals surface area contributed by atoms with Crippen LogP contribution in [0.15, 0.2) is 122 Å². The molecule has 0 N–H and O–H groups in total. The van der Waals surface area contributed by atoms with Crippen LogP contribution in [0.5, 0.6) is 0 Å². The number of rotatable bonds is 55. The summed E-state index contributed by atoms with van der Waals surface area (Å²) in [6.45, 7) is 6.38. The van der Waals surface area contributed by atoms with Crippen molar-refractivity contribution in [3.8, 4) is 0 Å². The summed E-state index contributed by atoms with van der Waals surface area (Å²) in [7, 11) is 0. The zero-order valence-electron chi connectivity index (χ0n) is 48.8. The third-order valence-electron chi connectivity index (χ3n) is 12.9. The van der Waals surface area contributed by atoms with E-state index in [1.807, 2.05) is 0 Å². The Kier molecular flexibility index (Phi) is 58.9. The molecule has 0 aromatic rings. The van der Waals surface area contributed by atoms with Gasteiger partial charge in [-0.25, -0.2) is 0 Å². The van der Waals surface area contributed by atoms with Crippen molar-refractivity contribution in [3.63, 3.8) is 0 Å². The molecule has 0 amide bonds. The van der Waals surface area contributed by atoms with Crippen LogP contribution in [0, 0.1) is 0 Å². The Morgan fingerprint density at radius 1 is 0.280 bits per heavy atom. The lowest BCUT2D eigenvalue weighted by molar-refractivity contribution is -0.167. The van der Waals surface area contributed by atoms with E-state index >= 15 is 0 Å². The molecule has 0 heterocycles. The van der Waals surface area contributed by atoms with Gasteiger partial charge in [-0.3, -0.25) is 14.4 Å². The fourth-order valence-corrected chi connectivity index (χ4v) is 8.34. The van der Waals surface area contributed by atoms with Crippen LogP contribution in [-0.2, 0) is 28.6 Å². The highest BCUT2D eigenvalue weighted by Crippen LogP contribution is 2.15. The number of carbonyl (C=O) groups is 3. The summed E-state index contributed by atoms with van der Waals surface area (Å²) >= 11 is 0. The smallest absolute Gasteiger partial charge is 0.306 e. The molecule has 0 aromatic carbocycles. The first-order valence-corrected chi connectivity index (χ1v) is 31.0. The number of ether oxygens (including phenoxy) is 3. The van der Waals surface area contributed by atoms with E-state index in [4.69, 9.17) is 14.2 Å². The SMILES string of the molecule is CC/C=C\C/C=C\C/C=C\C/C=C\C/C=C\CCCCCCCC(=O)OCC(COC(=O)CCCCCC/C=C\C/C=C\C/C=C\C/C=C\CC)OC(=O)CCCCCCCCCCC/C=C\CCCCCCCC. The van der Waals surface area contributed by atoms with Gasteiger partial charge >= 0.3 is 17.9 Å². The molecule has 0 aliphatic carbocycles. The molecule has 75 heavy (non-hydrogen) atoms. The van der Waals surface area contributed by atoms with E-state index < -0.39 is 6.10 Å². The van der Waals surface area contributed by atoms with Gasteiger partial charge in [0.05, 0.1) is 0 Å². The van der Waals surface area contributed by atoms with Gasteiger partial charge in [-0.05, 0) is 128 Å². The van der Waals surface area contributed by atoms with Crippen molar-refractivity contribution in [2.45, 2.75) is 284 Å². The summed E-state index contributed by atoms with van der Waals surface area (Å²) in [5, 5.41) is 0. The minimum absolute atomic E-state index is 0.0993. The molecule has 1 unspecified atom stereocenters. The molecule has 1 atom stereocenters. The van der Waals surface area contributed by atoms with Gasteiger partial charge in [-0.15, -0.1) is 0 Å². The van der Waals surface area contributed by atoms with E-state index in [-0.39, 0.29) is 31.1 Å². The maximum Gasteiger partial charge on any atom is 0.306 e. The Bertz CT molecular complexity index is 1570. The third-order valence-corrected chi connectivity index (χ3v) is 12.9. The van der Waals surface area contributed by atoms with Crippen LogP contribution in [-0.4, -0.2) is 37.2 Å². The number of hydrogen-bond donors (Lipinski definition) is 0. The Hall–Kier alpha value is -4.19. The predicted molar refractivity (Wildman–Crippen MR) is 325 cm³/mol. The first-order chi connectivity index (χ1) is 37.0. The summed E-state index contributed by atoms with van der Waals surface area (Å²) in [4.78, 5) is 38.3. The third kappa shape index (κ3) is 60.6. The van der Waals surface area contributed by atoms with E-state index in [0.717, 1.165) is 148 Å². The van der Waals surface area contributed by atoms with Crippen LogP contribution in [0.2, 0.25) is 0 Å². The summed E-state index contributed by atoms with van der Waals surface area (Å²) in [6, 6.07) is 0. The molecular weight excluding hydrogens is 925 g/mol. The van der Waals surface area contributed by atoms with E-state index in [9.17, 15) is 14.4 Å². The maximum atomic E-state index is 12.9. The predicted octanol–water partition coefficient (Wildman–Crippen LogP) is 21.2. The summed E-state index contributed by atoms with van der Waals surface area (Å²) < 4.78 is 16.9. The van der Waals surface area contributed by atoms with Crippen molar-refractivity contribution < 1.29 is 28.6 Å². The number of esters is 3. The lowest BCUT2D eigenvalue weighted by atomic mass is 10.1. The Morgan fingerprint density at radius 2 is 0.520 bits per heavy atom. The molecule has 0 fully saturated rings. The molecule has 0 rings (SSSR count). The second kappa shape index (κ2) is 62.4. The zero-order chi connectivity index (χ0) is 54.3. The fourth-order valence-electron chi connectivity index (χ4n) is 8.34. The minimum Gasteiger partial charge on any atom is -0.462 e. The Balaban J connectivity index is 4.47. The van der Waals surface area contributed by atoms with E-state index in [0.29, 0.717) is 19.3 Å².